The summed E-state index contributed by atoms with van der Waals surface area (Å²) in [5, 5.41) is 3.51. The second-order valence-electron chi connectivity index (χ2n) is 3.95. The molecule has 0 radical (unpaired) electrons. The Bertz CT molecular complexity index is 257. The molecule has 0 aliphatic carbocycles. The van der Waals surface area contributed by atoms with Crippen molar-refractivity contribution < 1.29 is 0 Å². The Kier molecular flexibility index (Phi) is 5.26. The van der Waals surface area contributed by atoms with Crippen LogP contribution < -0.4 is 5.32 Å². The van der Waals surface area contributed by atoms with Gasteiger partial charge in [-0.25, -0.2) is 9.97 Å². The third-order valence-corrected chi connectivity index (χ3v) is 3.00. The fourth-order valence-electron chi connectivity index (χ4n) is 1.85. The van der Waals surface area contributed by atoms with Crippen LogP contribution >= 0.6 is 0 Å². The molecule has 1 aromatic heterocycles. The molecule has 0 saturated carbocycles. The van der Waals surface area contributed by atoms with Gasteiger partial charge in [0.1, 0.15) is 6.33 Å². The summed E-state index contributed by atoms with van der Waals surface area (Å²) in [5.74, 6) is 0.756. The second kappa shape index (κ2) is 6.51. The van der Waals surface area contributed by atoms with E-state index in [1.807, 2.05) is 6.07 Å². The molecular weight excluding hydrogens is 186 g/mol. The molecule has 0 saturated heterocycles. The number of nitrogens with zero attached hydrogens (tertiary/aromatic N) is 2. The van der Waals surface area contributed by atoms with E-state index in [4.69, 9.17) is 0 Å². The van der Waals surface area contributed by atoms with Crippen LogP contribution in [-0.4, -0.2) is 16.0 Å². The van der Waals surface area contributed by atoms with E-state index in [0.717, 1.165) is 18.2 Å². The Morgan fingerprint density at radius 2 is 2.07 bits per heavy atom. The summed E-state index contributed by atoms with van der Waals surface area (Å²) in [5.41, 5.74) is 1.06. The van der Waals surface area contributed by atoms with Crippen LogP contribution in [0.4, 0.5) is 0 Å². The maximum Gasteiger partial charge on any atom is 0.115 e. The highest BCUT2D eigenvalue weighted by atomic mass is 14.9. The number of hydrogen-bond acceptors (Lipinski definition) is 3. The first-order valence-electron chi connectivity index (χ1n) is 5.76. The van der Waals surface area contributed by atoms with Crippen molar-refractivity contribution in [1.29, 1.82) is 0 Å². The monoisotopic (exact) mass is 207 g/mol. The standard InChI is InChI=1S/C12H21N3/c1-4-11(5-2)10(3)14-8-12-6-7-13-9-15-12/h6-7,9-11,14H,4-5,8H2,1-3H3. The number of rotatable bonds is 6. The third kappa shape index (κ3) is 3.96. The fraction of sp³-hybridized carbons (Fsp3) is 0.667. The van der Waals surface area contributed by atoms with E-state index < -0.39 is 0 Å². The first-order chi connectivity index (χ1) is 7.27. The zero-order valence-corrected chi connectivity index (χ0v) is 9.90. The molecule has 1 atom stereocenters. The van der Waals surface area contributed by atoms with Crippen molar-refractivity contribution >= 4 is 0 Å². The Labute approximate surface area is 92.3 Å². The zero-order valence-electron chi connectivity index (χ0n) is 9.90. The molecule has 3 heteroatoms. The molecule has 1 rings (SSSR count). The van der Waals surface area contributed by atoms with Gasteiger partial charge in [0.15, 0.2) is 0 Å². The molecule has 1 aromatic rings. The number of hydrogen-bond donors (Lipinski definition) is 1. The first-order valence-corrected chi connectivity index (χ1v) is 5.76. The van der Waals surface area contributed by atoms with Crippen molar-refractivity contribution in [3.63, 3.8) is 0 Å². The van der Waals surface area contributed by atoms with Crippen molar-refractivity contribution in [2.75, 3.05) is 0 Å². The summed E-state index contributed by atoms with van der Waals surface area (Å²) in [4.78, 5) is 8.09. The molecular formula is C12H21N3. The van der Waals surface area contributed by atoms with E-state index in [1.54, 1.807) is 12.5 Å². The average molecular weight is 207 g/mol. The second-order valence-corrected chi connectivity index (χ2v) is 3.95. The molecule has 0 bridgehead atoms. The molecule has 15 heavy (non-hydrogen) atoms. The fourth-order valence-corrected chi connectivity index (χ4v) is 1.85. The molecule has 1 N–H and O–H groups in total. The van der Waals surface area contributed by atoms with Crippen molar-refractivity contribution in [2.45, 2.75) is 46.2 Å². The lowest BCUT2D eigenvalue weighted by Crippen LogP contribution is -2.32. The summed E-state index contributed by atoms with van der Waals surface area (Å²) in [6.07, 6.45) is 5.84. The molecule has 3 nitrogen and oxygen atoms in total. The van der Waals surface area contributed by atoms with Gasteiger partial charge in [-0.2, -0.15) is 0 Å². The van der Waals surface area contributed by atoms with Gasteiger partial charge in [0.25, 0.3) is 0 Å². The normalized spacial score (nSPS) is 13.1. The SMILES string of the molecule is CCC(CC)C(C)NCc1ccncn1. The predicted molar refractivity (Wildman–Crippen MR) is 62.4 cm³/mol. The van der Waals surface area contributed by atoms with Gasteiger partial charge in [-0.1, -0.05) is 26.7 Å². The molecule has 0 spiro atoms. The lowest BCUT2D eigenvalue weighted by molar-refractivity contribution is 0.352. The van der Waals surface area contributed by atoms with Crippen molar-refractivity contribution in [3.05, 3.63) is 24.3 Å². The molecule has 0 fully saturated rings. The summed E-state index contributed by atoms with van der Waals surface area (Å²) >= 11 is 0. The largest absolute Gasteiger partial charge is 0.308 e. The van der Waals surface area contributed by atoms with E-state index in [0.29, 0.717) is 6.04 Å². The van der Waals surface area contributed by atoms with Gasteiger partial charge in [-0.15, -0.1) is 0 Å². The van der Waals surface area contributed by atoms with Crippen LogP contribution in [0, 0.1) is 5.92 Å². The van der Waals surface area contributed by atoms with Crippen molar-refractivity contribution in [2.24, 2.45) is 5.92 Å². The summed E-state index contributed by atoms with van der Waals surface area (Å²) in [6.45, 7) is 7.58. The summed E-state index contributed by atoms with van der Waals surface area (Å²) in [6, 6.07) is 2.50. The maximum atomic E-state index is 4.19. The van der Waals surface area contributed by atoms with Crippen molar-refractivity contribution in [1.82, 2.24) is 15.3 Å². The van der Waals surface area contributed by atoms with Gasteiger partial charge in [0.05, 0.1) is 5.69 Å². The lowest BCUT2D eigenvalue weighted by Gasteiger charge is -2.22. The van der Waals surface area contributed by atoms with Crippen LogP contribution in [0.2, 0.25) is 0 Å². The Hall–Kier alpha value is -0.960. The van der Waals surface area contributed by atoms with Crippen molar-refractivity contribution in [3.8, 4) is 0 Å². The lowest BCUT2D eigenvalue weighted by atomic mass is 9.95. The zero-order chi connectivity index (χ0) is 11.1. The molecule has 0 amide bonds. The third-order valence-electron chi connectivity index (χ3n) is 3.00. The number of aromatic nitrogens is 2. The Morgan fingerprint density at radius 1 is 1.33 bits per heavy atom. The molecule has 1 heterocycles. The van der Waals surface area contributed by atoms with Crippen LogP contribution in [0.15, 0.2) is 18.6 Å². The van der Waals surface area contributed by atoms with E-state index in [1.165, 1.54) is 12.8 Å². The highest BCUT2D eigenvalue weighted by Gasteiger charge is 2.12. The highest BCUT2D eigenvalue weighted by molar-refractivity contribution is 4.97. The van der Waals surface area contributed by atoms with E-state index in [9.17, 15) is 0 Å². The minimum atomic E-state index is 0.551. The van der Waals surface area contributed by atoms with Crippen LogP contribution in [0.25, 0.3) is 0 Å². The Balaban J connectivity index is 2.36. The van der Waals surface area contributed by atoms with Gasteiger partial charge in [0, 0.05) is 18.8 Å². The van der Waals surface area contributed by atoms with Crippen LogP contribution in [0.1, 0.15) is 39.3 Å². The summed E-state index contributed by atoms with van der Waals surface area (Å²) in [7, 11) is 0. The van der Waals surface area contributed by atoms with Gasteiger partial charge >= 0.3 is 0 Å². The van der Waals surface area contributed by atoms with E-state index in [-0.39, 0.29) is 0 Å². The van der Waals surface area contributed by atoms with Gasteiger partial charge in [-0.05, 0) is 18.9 Å². The van der Waals surface area contributed by atoms with E-state index in [2.05, 4.69) is 36.1 Å². The Morgan fingerprint density at radius 3 is 2.60 bits per heavy atom. The van der Waals surface area contributed by atoms with Crippen LogP contribution in [-0.2, 0) is 6.54 Å². The van der Waals surface area contributed by atoms with Gasteiger partial charge < -0.3 is 5.32 Å². The number of nitrogens with one attached hydrogen (secondary N) is 1. The average Bonchev–Trinajstić information content (AvgIpc) is 2.29. The molecule has 0 aliphatic heterocycles. The predicted octanol–water partition coefficient (Wildman–Crippen LogP) is 2.39. The minimum Gasteiger partial charge on any atom is -0.308 e. The first kappa shape index (κ1) is 12.1. The summed E-state index contributed by atoms with van der Waals surface area (Å²) < 4.78 is 0. The van der Waals surface area contributed by atoms with Gasteiger partial charge in [-0.3, -0.25) is 0 Å². The molecule has 0 aromatic carbocycles. The van der Waals surface area contributed by atoms with Crippen LogP contribution in [0.3, 0.4) is 0 Å². The van der Waals surface area contributed by atoms with Crippen LogP contribution in [0.5, 0.6) is 0 Å². The molecule has 84 valence electrons. The molecule has 0 aliphatic rings. The highest BCUT2D eigenvalue weighted by Crippen LogP contribution is 2.12. The molecule has 1 unspecified atom stereocenters. The maximum absolute atomic E-state index is 4.19. The quantitative estimate of drug-likeness (QED) is 0.778. The van der Waals surface area contributed by atoms with E-state index >= 15 is 0 Å². The topological polar surface area (TPSA) is 37.8 Å². The smallest absolute Gasteiger partial charge is 0.115 e. The minimum absolute atomic E-state index is 0.551. The van der Waals surface area contributed by atoms with Gasteiger partial charge in [0.2, 0.25) is 0 Å².